The number of rotatable bonds is 5. The van der Waals surface area contributed by atoms with E-state index >= 15 is 0 Å². The van der Waals surface area contributed by atoms with Gasteiger partial charge in [0, 0.05) is 18.5 Å². The predicted octanol–water partition coefficient (Wildman–Crippen LogP) is 1.46. The van der Waals surface area contributed by atoms with Crippen molar-refractivity contribution in [2.24, 2.45) is 5.73 Å². The summed E-state index contributed by atoms with van der Waals surface area (Å²) >= 11 is 0. The summed E-state index contributed by atoms with van der Waals surface area (Å²) in [5.41, 5.74) is 5.88. The Labute approximate surface area is 113 Å². The molecule has 3 N–H and O–H groups in total. The van der Waals surface area contributed by atoms with Gasteiger partial charge in [0.05, 0.1) is 11.5 Å². The van der Waals surface area contributed by atoms with Crippen molar-refractivity contribution in [3.05, 3.63) is 35.9 Å². The van der Waals surface area contributed by atoms with E-state index in [0.29, 0.717) is 6.42 Å². The van der Waals surface area contributed by atoms with Crippen LogP contribution in [0.1, 0.15) is 31.7 Å². The lowest BCUT2D eigenvalue weighted by Crippen LogP contribution is -2.53. The van der Waals surface area contributed by atoms with Crippen LogP contribution in [-0.2, 0) is 10.2 Å². The van der Waals surface area contributed by atoms with Crippen molar-refractivity contribution in [2.45, 2.75) is 43.7 Å². The first-order chi connectivity index (χ1) is 9.05. The summed E-state index contributed by atoms with van der Waals surface area (Å²) in [7, 11) is 0. The van der Waals surface area contributed by atoms with Gasteiger partial charge >= 0.3 is 0 Å². The molecule has 1 amide bonds. The zero-order chi connectivity index (χ0) is 13.9. The van der Waals surface area contributed by atoms with E-state index in [4.69, 9.17) is 5.73 Å². The maximum Gasteiger partial charge on any atom is 0.218 e. The van der Waals surface area contributed by atoms with Crippen LogP contribution < -0.4 is 11.1 Å². The second-order valence-electron chi connectivity index (χ2n) is 5.40. The number of hydrogen-bond donors (Lipinski definition) is 2. The molecule has 1 saturated carbocycles. The lowest BCUT2D eigenvalue weighted by Gasteiger charge is -2.44. The van der Waals surface area contributed by atoms with Crippen LogP contribution in [0.25, 0.3) is 0 Å². The number of nitrogens with zero attached hydrogens (tertiary/aromatic N) is 1. The Bertz CT molecular complexity index is 486. The van der Waals surface area contributed by atoms with Crippen LogP contribution in [0.5, 0.6) is 0 Å². The molecule has 1 aliphatic carbocycles. The average molecular weight is 257 g/mol. The van der Waals surface area contributed by atoms with Crippen molar-refractivity contribution in [1.82, 2.24) is 5.32 Å². The van der Waals surface area contributed by atoms with Crippen molar-refractivity contribution in [3.63, 3.8) is 0 Å². The fourth-order valence-corrected chi connectivity index (χ4v) is 2.81. The number of carbonyl (C=O) groups excluding carboxylic acids is 1. The van der Waals surface area contributed by atoms with E-state index < -0.39 is 0 Å². The zero-order valence-electron chi connectivity index (χ0n) is 11.1. The highest BCUT2D eigenvalue weighted by atomic mass is 16.1. The Morgan fingerprint density at radius 3 is 2.68 bits per heavy atom. The minimum Gasteiger partial charge on any atom is -0.370 e. The van der Waals surface area contributed by atoms with Crippen molar-refractivity contribution in [1.29, 1.82) is 5.26 Å². The Morgan fingerprint density at radius 2 is 2.16 bits per heavy atom. The number of carbonyl (C=O) groups is 1. The van der Waals surface area contributed by atoms with E-state index in [1.807, 2.05) is 37.3 Å². The largest absolute Gasteiger partial charge is 0.370 e. The number of nitriles is 1. The van der Waals surface area contributed by atoms with Gasteiger partial charge in [0.25, 0.3) is 0 Å². The lowest BCUT2D eigenvalue weighted by molar-refractivity contribution is -0.118. The van der Waals surface area contributed by atoms with Crippen LogP contribution >= 0.6 is 0 Å². The van der Waals surface area contributed by atoms with E-state index in [9.17, 15) is 10.1 Å². The normalized spacial score (nSPS) is 27.1. The van der Waals surface area contributed by atoms with Crippen LogP contribution in [0, 0.1) is 11.3 Å². The van der Waals surface area contributed by atoms with Gasteiger partial charge in [0.1, 0.15) is 0 Å². The topological polar surface area (TPSA) is 78.9 Å². The molecule has 4 nitrogen and oxygen atoms in total. The molecule has 0 aromatic heterocycles. The Kier molecular flexibility index (Phi) is 3.87. The molecule has 19 heavy (non-hydrogen) atoms. The molecule has 4 heteroatoms. The molecule has 1 aromatic rings. The summed E-state index contributed by atoms with van der Waals surface area (Å²) in [5.74, 6) is -0.297. The molecule has 0 bridgehead atoms. The second-order valence-corrected chi connectivity index (χ2v) is 5.40. The number of hydrogen-bond acceptors (Lipinski definition) is 3. The number of nitrogens with two attached hydrogens (primary N) is 1. The lowest BCUT2D eigenvalue weighted by atomic mass is 9.62. The van der Waals surface area contributed by atoms with Crippen molar-refractivity contribution in [3.8, 4) is 6.07 Å². The second kappa shape index (κ2) is 5.41. The fraction of sp³-hybridized carbons (Fsp3) is 0.467. The Balaban J connectivity index is 1.94. The number of amides is 1. The molecular formula is C15H19N3O. The van der Waals surface area contributed by atoms with E-state index in [2.05, 4.69) is 11.4 Å². The van der Waals surface area contributed by atoms with E-state index in [1.54, 1.807) is 0 Å². The summed E-state index contributed by atoms with van der Waals surface area (Å²) in [4.78, 5) is 10.8. The van der Waals surface area contributed by atoms with Gasteiger partial charge in [-0.25, -0.2) is 0 Å². The number of benzene rings is 1. The van der Waals surface area contributed by atoms with Gasteiger partial charge in [0.15, 0.2) is 0 Å². The summed E-state index contributed by atoms with van der Waals surface area (Å²) < 4.78 is 0. The van der Waals surface area contributed by atoms with Gasteiger partial charge in [-0.1, -0.05) is 30.3 Å². The molecule has 0 spiro atoms. The third-order valence-electron chi connectivity index (χ3n) is 3.76. The smallest absolute Gasteiger partial charge is 0.218 e. The Hall–Kier alpha value is -1.86. The summed E-state index contributed by atoms with van der Waals surface area (Å²) in [6.45, 7) is 1.94. The first-order valence-electron chi connectivity index (χ1n) is 6.57. The highest BCUT2D eigenvalue weighted by molar-refractivity contribution is 5.74. The molecule has 0 saturated heterocycles. The van der Waals surface area contributed by atoms with E-state index in [1.165, 1.54) is 0 Å². The molecule has 100 valence electrons. The van der Waals surface area contributed by atoms with Crippen molar-refractivity contribution >= 4 is 5.91 Å². The maximum absolute atomic E-state index is 10.8. The SMILES string of the molecule is CC(CC(N)=O)NC1CC(C#N)(c2ccccc2)C1. The molecule has 0 aliphatic heterocycles. The molecule has 1 aliphatic rings. The van der Waals surface area contributed by atoms with E-state index in [0.717, 1.165) is 18.4 Å². The first kappa shape index (κ1) is 13.6. The fourth-order valence-electron chi connectivity index (χ4n) is 2.81. The summed E-state index contributed by atoms with van der Waals surface area (Å²) in [6, 6.07) is 12.7. The highest BCUT2D eigenvalue weighted by Crippen LogP contribution is 2.43. The van der Waals surface area contributed by atoms with Gasteiger partial charge in [0.2, 0.25) is 5.91 Å². The first-order valence-corrected chi connectivity index (χ1v) is 6.57. The molecule has 1 unspecified atom stereocenters. The molecule has 2 rings (SSSR count). The van der Waals surface area contributed by atoms with Crippen LogP contribution in [-0.4, -0.2) is 18.0 Å². The predicted molar refractivity (Wildman–Crippen MR) is 73.2 cm³/mol. The van der Waals surface area contributed by atoms with Crippen LogP contribution in [0.4, 0.5) is 0 Å². The standard InChI is InChI=1S/C15H19N3O/c1-11(7-14(17)19)18-13-8-15(9-13,10-16)12-5-3-2-4-6-12/h2-6,11,13,18H,7-9H2,1H3,(H2,17,19). The van der Waals surface area contributed by atoms with Crippen LogP contribution in [0.2, 0.25) is 0 Å². The van der Waals surface area contributed by atoms with Crippen molar-refractivity contribution in [2.75, 3.05) is 0 Å². The summed E-state index contributed by atoms with van der Waals surface area (Å²) in [6.07, 6.45) is 1.91. The molecule has 1 atom stereocenters. The highest BCUT2D eigenvalue weighted by Gasteiger charge is 2.46. The number of primary amides is 1. The minimum atomic E-state index is -0.370. The molecule has 0 radical (unpaired) electrons. The monoisotopic (exact) mass is 257 g/mol. The van der Waals surface area contributed by atoms with Gasteiger partial charge in [-0.3, -0.25) is 4.79 Å². The number of nitrogens with one attached hydrogen (secondary N) is 1. The maximum atomic E-state index is 10.8. The molecule has 1 fully saturated rings. The third-order valence-corrected chi connectivity index (χ3v) is 3.76. The van der Waals surface area contributed by atoms with Gasteiger partial charge < -0.3 is 11.1 Å². The minimum absolute atomic E-state index is 0.0648. The zero-order valence-corrected chi connectivity index (χ0v) is 11.1. The van der Waals surface area contributed by atoms with Gasteiger partial charge in [-0.2, -0.15) is 5.26 Å². The Morgan fingerprint density at radius 1 is 1.53 bits per heavy atom. The summed E-state index contributed by atoms with van der Waals surface area (Å²) in [5, 5.41) is 12.8. The van der Waals surface area contributed by atoms with E-state index in [-0.39, 0.29) is 23.4 Å². The van der Waals surface area contributed by atoms with Crippen LogP contribution in [0.15, 0.2) is 30.3 Å². The third kappa shape index (κ3) is 2.94. The molecule has 1 aromatic carbocycles. The molecular weight excluding hydrogens is 238 g/mol. The average Bonchev–Trinajstić information content (AvgIpc) is 2.33. The molecule has 0 heterocycles. The van der Waals surface area contributed by atoms with Crippen LogP contribution in [0.3, 0.4) is 0 Å². The van der Waals surface area contributed by atoms with Gasteiger partial charge in [-0.15, -0.1) is 0 Å². The van der Waals surface area contributed by atoms with Gasteiger partial charge in [-0.05, 0) is 25.3 Å². The van der Waals surface area contributed by atoms with Crippen molar-refractivity contribution < 1.29 is 4.79 Å². The quantitative estimate of drug-likeness (QED) is 0.838.